The van der Waals surface area contributed by atoms with Crippen LogP contribution in [0.2, 0.25) is 0 Å². The van der Waals surface area contributed by atoms with E-state index in [9.17, 15) is 9.90 Å². The van der Waals surface area contributed by atoms with Crippen LogP contribution in [0.25, 0.3) is 5.57 Å². The van der Waals surface area contributed by atoms with Crippen molar-refractivity contribution in [1.82, 2.24) is 0 Å². The number of aliphatic hydroxyl groups is 1. The smallest absolute Gasteiger partial charge is 0.345 e. The molecule has 0 radical (unpaired) electrons. The zero-order valence-electron chi connectivity index (χ0n) is 11.2. The highest BCUT2D eigenvalue weighted by atomic mass is 16.6. The Morgan fingerprint density at radius 2 is 1.63 bits per heavy atom. The zero-order valence-corrected chi connectivity index (χ0v) is 11.2. The number of carbonyl (C=O) groups excluding carboxylic acids is 1. The number of benzene rings is 1. The Labute approximate surface area is 111 Å². The van der Waals surface area contributed by atoms with Crippen LogP contribution in [0.15, 0.2) is 24.1 Å². The Morgan fingerprint density at radius 1 is 1.00 bits per heavy atom. The summed E-state index contributed by atoms with van der Waals surface area (Å²) in [6, 6.07) is 4.74. The fourth-order valence-electron chi connectivity index (χ4n) is 1.52. The van der Waals surface area contributed by atoms with Crippen LogP contribution < -0.4 is 9.47 Å². The summed E-state index contributed by atoms with van der Waals surface area (Å²) >= 11 is 0. The van der Waals surface area contributed by atoms with Crippen LogP contribution in [0.4, 0.5) is 0 Å². The SMILES string of the molecule is COC(=O)/C(=C(/O)OC)c1ccc(OC)c(OC)c1. The minimum absolute atomic E-state index is 0.0917. The van der Waals surface area contributed by atoms with E-state index in [1.165, 1.54) is 28.4 Å². The molecule has 19 heavy (non-hydrogen) atoms. The summed E-state index contributed by atoms with van der Waals surface area (Å²) in [5.74, 6) is -0.316. The third-order valence-corrected chi connectivity index (χ3v) is 2.47. The quantitative estimate of drug-likeness (QED) is 0.498. The highest BCUT2D eigenvalue weighted by Crippen LogP contribution is 2.31. The van der Waals surface area contributed by atoms with Crippen molar-refractivity contribution in [3.8, 4) is 11.5 Å². The van der Waals surface area contributed by atoms with E-state index in [1.54, 1.807) is 18.2 Å². The Bertz CT molecular complexity index is 492. The van der Waals surface area contributed by atoms with Gasteiger partial charge in [-0.3, -0.25) is 0 Å². The topological polar surface area (TPSA) is 74.2 Å². The van der Waals surface area contributed by atoms with Gasteiger partial charge in [0, 0.05) is 5.56 Å². The molecule has 0 amide bonds. The van der Waals surface area contributed by atoms with Crippen LogP contribution in [-0.4, -0.2) is 39.5 Å². The van der Waals surface area contributed by atoms with Gasteiger partial charge in [-0.1, -0.05) is 0 Å². The number of aliphatic hydroxyl groups excluding tert-OH is 1. The maximum atomic E-state index is 11.7. The van der Waals surface area contributed by atoms with Crippen molar-refractivity contribution in [3.63, 3.8) is 0 Å². The van der Waals surface area contributed by atoms with Gasteiger partial charge in [-0.05, 0) is 18.2 Å². The van der Waals surface area contributed by atoms with Gasteiger partial charge in [0.2, 0.25) is 0 Å². The number of esters is 1. The first-order chi connectivity index (χ1) is 9.08. The van der Waals surface area contributed by atoms with Crippen LogP contribution in [0.1, 0.15) is 5.56 Å². The van der Waals surface area contributed by atoms with E-state index in [1.807, 2.05) is 0 Å². The van der Waals surface area contributed by atoms with Crippen molar-refractivity contribution >= 4 is 11.5 Å². The molecule has 0 aliphatic carbocycles. The first kappa shape index (κ1) is 14.7. The number of ether oxygens (including phenoxy) is 4. The van der Waals surface area contributed by atoms with Crippen molar-refractivity contribution in [1.29, 1.82) is 0 Å². The second kappa shape index (κ2) is 6.53. The maximum Gasteiger partial charge on any atom is 0.345 e. The number of rotatable bonds is 5. The van der Waals surface area contributed by atoms with Gasteiger partial charge in [0.1, 0.15) is 5.57 Å². The van der Waals surface area contributed by atoms with Gasteiger partial charge in [0.25, 0.3) is 5.95 Å². The van der Waals surface area contributed by atoms with Crippen LogP contribution in [0, 0.1) is 0 Å². The highest BCUT2D eigenvalue weighted by molar-refractivity contribution is 6.16. The first-order valence-corrected chi connectivity index (χ1v) is 5.37. The van der Waals surface area contributed by atoms with Gasteiger partial charge in [0.05, 0.1) is 28.4 Å². The molecule has 1 rings (SSSR count). The molecule has 0 bridgehead atoms. The Hall–Kier alpha value is -2.37. The van der Waals surface area contributed by atoms with Crippen LogP contribution in [0.3, 0.4) is 0 Å². The van der Waals surface area contributed by atoms with E-state index < -0.39 is 11.9 Å². The van der Waals surface area contributed by atoms with E-state index in [4.69, 9.17) is 9.47 Å². The third kappa shape index (κ3) is 3.09. The summed E-state index contributed by atoms with van der Waals surface area (Å²) in [7, 11) is 5.44. The molecular weight excluding hydrogens is 252 g/mol. The molecule has 0 unspecified atom stereocenters. The molecule has 0 aliphatic heterocycles. The fraction of sp³-hybridized carbons (Fsp3) is 0.308. The van der Waals surface area contributed by atoms with Gasteiger partial charge in [0.15, 0.2) is 11.5 Å². The second-order valence-corrected chi connectivity index (χ2v) is 3.45. The Balaban J connectivity index is 3.36. The largest absolute Gasteiger partial charge is 0.493 e. The number of methoxy groups -OCH3 is 4. The van der Waals surface area contributed by atoms with Gasteiger partial charge in [-0.15, -0.1) is 0 Å². The lowest BCUT2D eigenvalue weighted by molar-refractivity contribution is -0.134. The summed E-state index contributed by atoms with van der Waals surface area (Å²) in [6.07, 6.45) is 0. The molecule has 6 nitrogen and oxygen atoms in total. The molecule has 1 aromatic carbocycles. The molecule has 0 fully saturated rings. The molecule has 104 valence electrons. The average molecular weight is 268 g/mol. The van der Waals surface area contributed by atoms with Crippen LogP contribution in [0.5, 0.6) is 11.5 Å². The predicted molar refractivity (Wildman–Crippen MR) is 68.1 cm³/mol. The summed E-state index contributed by atoms with van der Waals surface area (Å²) in [5, 5.41) is 9.65. The van der Waals surface area contributed by atoms with Crippen molar-refractivity contribution in [2.45, 2.75) is 0 Å². The normalized spacial score (nSPS) is 11.4. The Kier molecular flexibility index (Phi) is 5.05. The summed E-state index contributed by atoms with van der Waals surface area (Å²) in [4.78, 5) is 11.7. The number of hydrogen-bond donors (Lipinski definition) is 1. The van der Waals surface area contributed by atoms with E-state index in [0.717, 1.165) is 0 Å². The molecule has 0 atom stereocenters. The fourth-order valence-corrected chi connectivity index (χ4v) is 1.52. The molecular formula is C13H16O6. The van der Waals surface area contributed by atoms with Crippen molar-refractivity contribution < 1.29 is 28.8 Å². The van der Waals surface area contributed by atoms with Gasteiger partial charge in [-0.2, -0.15) is 0 Å². The molecule has 0 aromatic heterocycles. The molecule has 0 spiro atoms. The van der Waals surface area contributed by atoms with Crippen molar-refractivity contribution in [3.05, 3.63) is 29.7 Å². The monoisotopic (exact) mass is 268 g/mol. The minimum atomic E-state index is -0.716. The number of carbonyl (C=O) groups is 1. The Morgan fingerprint density at radius 3 is 2.11 bits per heavy atom. The molecule has 1 aromatic rings. The van der Waals surface area contributed by atoms with Crippen molar-refractivity contribution in [2.75, 3.05) is 28.4 Å². The lowest BCUT2D eigenvalue weighted by atomic mass is 10.1. The second-order valence-electron chi connectivity index (χ2n) is 3.45. The summed E-state index contributed by atoms with van der Waals surface area (Å²) in [5.41, 5.74) is 0.301. The van der Waals surface area contributed by atoms with Crippen LogP contribution in [-0.2, 0) is 14.3 Å². The molecule has 0 heterocycles. The van der Waals surface area contributed by atoms with E-state index in [-0.39, 0.29) is 5.57 Å². The van der Waals surface area contributed by atoms with E-state index in [0.29, 0.717) is 17.1 Å². The van der Waals surface area contributed by atoms with E-state index >= 15 is 0 Å². The van der Waals surface area contributed by atoms with Crippen molar-refractivity contribution in [2.24, 2.45) is 0 Å². The van der Waals surface area contributed by atoms with Gasteiger partial charge < -0.3 is 24.1 Å². The maximum absolute atomic E-state index is 11.7. The highest BCUT2D eigenvalue weighted by Gasteiger charge is 2.21. The zero-order chi connectivity index (χ0) is 14.4. The lowest BCUT2D eigenvalue weighted by Gasteiger charge is -2.11. The lowest BCUT2D eigenvalue weighted by Crippen LogP contribution is -2.08. The van der Waals surface area contributed by atoms with E-state index in [2.05, 4.69) is 9.47 Å². The molecule has 0 aliphatic rings. The summed E-state index contributed by atoms with van der Waals surface area (Å²) in [6.45, 7) is 0. The van der Waals surface area contributed by atoms with Gasteiger partial charge >= 0.3 is 5.97 Å². The number of hydrogen-bond acceptors (Lipinski definition) is 6. The molecule has 0 saturated carbocycles. The van der Waals surface area contributed by atoms with Crippen LogP contribution >= 0.6 is 0 Å². The minimum Gasteiger partial charge on any atom is -0.493 e. The predicted octanol–water partition coefficient (Wildman–Crippen LogP) is 1.75. The third-order valence-electron chi connectivity index (χ3n) is 2.47. The molecule has 1 N–H and O–H groups in total. The van der Waals surface area contributed by atoms with Gasteiger partial charge in [-0.25, -0.2) is 4.79 Å². The molecule has 0 saturated heterocycles. The first-order valence-electron chi connectivity index (χ1n) is 5.37. The average Bonchev–Trinajstić information content (AvgIpc) is 2.46. The standard InChI is InChI=1S/C13H16O6/c1-16-9-6-5-8(7-10(9)17-2)11(12(14)18-3)13(15)19-4/h5-7,14H,1-4H3/b12-11-. The summed E-state index contributed by atoms with van der Waals surface area (Å²) < 4.78 is 19.5. The molecule has 6 heteroatoms.